The van der Waals surface area contributed by atoms with Crippen molar-refractivity contribution in [3.63, 3.8) is 0 Å². The fourth-order valence-corrected chi connectivity index (χ4v) is 0.989. The number of nitrogens with zero attached hydrogens (tertiary/aromatic N) is 3. The van der Waals surface area contributed by atoms with Gasteiger partial charge in [0.05, 0.1) is 11.9 Å². The average molecular weight is 168 g/mol. The molecule has 0 unspecified atom stereocenters. The third-order valence-electron chi connectivity index (χ3n) is 1.82. The minimum Gasteiger partial charge on any atom is -0.311 e. The molecule has 0 aliphatic rings. The number of rotatable bonds is 5. The Kier molecular flexibility index (Phi) is 3.73. The lowest BCUT2D eigenvalue weighted by atomic mass is 10.3. The predicted octanol–water partition coefficient (Wildman–Crippen LogP) is 0.705. The first-order valence-electron chi connectivity index (χ1n) is 4.39. The van der Waals surface area contributed by atoms with E-state index in [9.17, 15) is 0 Å². The molecule has 4 nitrogen and oxygen atoms in total. The quantitative estimate of drug-likeness (QED) is 0.658. The Bertz CT molecular complexity index is 219. The van der Waals surface area contributed by atoms with Crippen LogP contribution in [0.25, 0.3) is 0 Å². The Hall–Kier alpha value is -0.900. The predicted molar refractivity (Wildman–Crippen MR) is 47.6 cm³/mol. The van der Waals surface area contributed by atoms with E-state index in [-0.39, 0.29) is 0 Å². The molecule has 0 amide bonds. The molecule has 0 aliphatic heterocycles. The highest BCUT2D eigenvalue weighted by Gasteiger charge is 1.96. The van der Waals surface area contributed by atoms with E-state index < -0.39 is 0 Å². The number of hydrogen-bond donors (Lipinski definition) is 1. The molecule has 0 fully saturated rings. The molecule has 68 valence electrons. The van der Waals surface area contributed by atoms with Crippen LogP contribution in [0.1, 0.15) is 25.5 Å². The van der Waals surface area contributed by atoms with Gasteiger partial charge in [0, 0.05) is 13.6 Å². The molecule has 1 aromatic rings. The normalized spacial score (nSPS) is 10.5. The molecule has 1 aromatic heterocycles. The molecular weight excluding hydrogens is 152 g/mol. The van der Waals surface area contributed by atoms with E-state index in [1.165, 1.54) is 12.8 Å². The molecule has 0 saturated carbocycles. The van der Waals surface area contributed by atoms with E-state index in [0.717, 1.165) is 18.8 Å². The summed E-state index contributed by atoms with van der Waals surface area (Å²) in [4.78, 5) is 0. The van der Waals surface area contributed by atoms with Gasteiger partial charge in [-0.2, -0.15) is 0 Å². The second-order valence-corrected chi connectivity index (χ2v) is 2.88. The summed E-state index contributed by atoms with van der Waals surface area (Å²) in [6.45, 7) is 4.12. The van der Waals surface area contributed by atoms with Crippen LogP contribution in [-0.2, 0) is 13.6 Å². The van der Waals surface area contributed by atoms with Gasteiger partial charge in [0.15, 0.2) is 0 Å². The van der Waals surface area contributed by atoms with E-state index >= 15 is 0 Å². The molecule has 1 heterocycles. The fraction of sp³-hybridized carbons (Fsp3) is 0.750. The molecule has 4 heteroatoms. The van der Waals surface area contributed by atoms with Crippen molar-refractivity contribution in [2.24, 2.45) is 7.05 Å². The van der Waals surface area contributed by atoms with Crippen LogP contribution in [0.4, 0.5) is 0 Å². The van der Waals surface area contributed by atoms with Gasteiger partial charge in [0.25, 0.3) is 0 Å². The highest BCUT2D eigenvalue weighted by molar-refractivity contribution is 4.91. The third-order valence-corrected chi connectivity index (χ3v) is 1.82. The Balaban J connectivity index is 2.20. The largest absolute Gasteiger partial charge is 0.311 e. The number of nitrogens with one attached hydrogen (secondary N) is 1. The van der Waals surface area contributed by atoms with E-state index in [2.05, 4.69) is 22.6 Å². The summed E-state index contributed by atoms with van der Waals surface area (Å²) in [6.07, 6.45) is 4.25. The zero-order valence-corrected chi connectivity index (χ0v) is 7.75. The monoisotopic (exact) mass is 168 g/mol. The maximum atomic E-state index is 3.84. The molecule has 0 aliphatic carbocycles. The molecule has 0 bridgehead atoms. The van der Waals surface area contributed by atoms with Gasteiger partial charge in [-0.05, 0) is 13.0 Å². The van der Waals surface area contributed by atoms with Gasteiger partial charge in [0.1, 0.15) is 0 Å². The van der Waals surface area contributed by atoms with Gasteiger partial charge in [-0.3, -0.25) is 4.68 Å². The molecule has 12 heavy (non-hydrogen) atoms. The van der Waals surface area contributed by atoms with Crippen LogP contribution in [0.5, 0.6) is 0 Å². The maximum absolute atomic E-state index is 3.84. The van der Waals surface area contributed by atoms with Crippen LogP contribution in [-0.4, -0.2) is 21.5 Å². The van der Waals surface area contributed by atoms with Crippen LogP contribution in [0.3, 0.4) is 0 Å². The van der Waals surface area contributed by atoms with Crippen molar-refractivity contribution in [2.75, 3.05) is 6.54 Å². The molecule has 1 N–H and O–H groups in total. The highest BCUT2D eigenvalue weighted by atomic mass is 15.4. The Morgan fingerprint density at radius 1 is 1.58 bits per heavy atom. The first kappa shape index (κ1) is 9.19. The lowest BCUT2D eigenvalue weighted by molar-refractivity contribution is 0.597. The third kappa shape index (κ3) is 2.62. The van der Waals surface area contributed by atoms with Crippen molar-refractivity contribution < 1.29 is 0 Å². The summed E-state index contributed by atoms with van der Waals surface area (Å²) >= 11 is 0. The number of unbranched alkanes of at least 4 members (excludes halogenated alkanes) is 1. The first-order valence-corrected chi connectivity index (χ1v) is 4.39. The van der Waals surface area contributed by atoms with Crippen molar-refractivity contribution in [3.8, 4) is 0 Å². The van der Waals surface area contributed by atoms with Gasteiger partial charge in [0.2, 0.25) is 0 Å². The van der Waals surface area contributed by atoms with Crippen molar-refractivity contribution in [1.29, 1.82) is 0 Å². The zero-order valence-electron chi connectivity index (χ0n) is 7.75. The van der Waals surface area contributed by atoms with E-state index in [4.69, 9.17) is 0 Å². The number of aryl methyl sites for hydroxylation is 1. The second-order valence-electron chi connectivity index (χ2n) is 2.88. The zero-order chi connectivity index (χ0) is 8.81. The first-order chi connectivity index (χ1) is 5.84. The number of hydrogen-bond acceptors (Lipinski definition) is 3. The van der Waals surface area contributed by atoms with Crippen molar-refractivity contribution >= 4 is 0 Å². The maximum Gasteiger partial charge on any atom is 0.0738 e. The Morgan fingerprint density at radius 2 is 2.42 bits per heavy atom. The fourth-order valence-electron chi connectivity index (χ4n) is 0.989. The van der Waals surface area contributed by atoms with Crippen molar-refractivity contribution in [1.82, 2.24) is 20.3 Å². The molecule has 0 atom stereocenters. The van der Waals surface area contributed by atoms with Gasteiger partial charge in [-0.1, -0.05) is 18.6 Å². The molecule has 0 aromatic carbocycles. The average Bonchev–Trinajstić information content (AvgIpc) is 2.46. The summed E-state index contributed by atoms with van der Waals surface area (Å²) in [7, 11) is 1.91. The van der Waals surface area contributed by atoms with Crippen molar-refractivity contribution in [2.45, 2.75) is 26.3 Å². The van der Waals surface area contributed by atoms with E-state index in [1.54, 1.807) is 10.9 Å². The van der Waals surface area contributed by atoms with Gasteiger partial charge < -0.3 is 5.32 Å². The van der Waals surface area contributed by atoms with E-state index in [0.29, 0.717) is 0 Å². The smallest absolute Gasteiger partial charge is 0.0738 e. The molecule has 1 rings (SSSR count). The summed E-state index contributed by atoms with van der Waals surface area (Å²) in [6, 6.07) is 0. The molecule has 0 radical (unpaired) electrons. The van der Waals surface area contributed by atoms with Gasteiger partial charge in [-0.15, -0.1) is 5.10 Å². The lowest BCUT2D eigenvalue weighted by Gasteiger charge is -2.02. The van der Waals surface area contributed by atoms with Crippen LogP contribution >= 0.6 is 0 Å². The molecule has 0 saturated heterocycles. The second kappa shape index (κ2) is 4.87. The summed E-state index contributed by atoms with van der Waals surface area (Å²) in [5, 5.41) is 11.0. The van der Waals surface area contributed by atoms with E-state index in [1.807, 2.05) is 7.05 Å². The molecule has 0 spiro atoms. The number of aromatic nitrogens is 3. The van der Waals surface area contributed by atoms with Crippen LogP contribution in [0.15, 0.2) is 6.20 Å². The summed E-state index contributed by atoms with van der Waals surface area (Å²) in [5.74, 6) is 0. The Morgan fingerprint density at radius 3 is 3.00 bits per heavy atom. The van der Waals surface area contributed by atoms with Crippen LogP contribution in [0, 0.1) is 0 Å². The van der Waals surface area contributed by atoms with Crippen LogP contribution < -0.4 is 5.32 Å². The van der Waals surface area contributed by atoms with Gasteiger partial charge >= 0.3 is 0 Å². The van der Waals surface area contributed by atoms with Crippen LogP contribution in [0.2, 0.25) is 0 Å². The SMILES string of the molecule is CCCCNCc1cnnn1C. The minimum absolute atomic E-state index is 0.865. The summed E-state index contributed by atoms with van der Waals surface area (Å²) in [5.41, 5.74) is 1.13. The molecular formula is C8H16N4. The minimum atomic E-state index is 0.865. The lowest BCUT2D eigenvalue weighted by Crippen LogP contribution is -2.16. The highest BCUT2D eigenvalue weighted by Crippen LogP contribution is 1.92. The van der Waals surface area contributed by atoms with Gasteiger partial charge in [-0.25, -0.2) is 0 Å². The van der Waals surface area contributed by atoms with Crippen molar-refractivity contribution in [3.05, 3.63) is 11.9 Å². The summed E-state index contributed by atoms with van der Waals surface area (Å²) < 4.78 is 1.79. The Labute approximate surface area is 73.0 Å². The topological polar surface area (TPSA) is 42.7 Å². The standard InChI is InChI=1S/C8H16N4/c1-3-4-5-9-6-8-7-10-11-12(8)2/h7,9H,3-6H2,1-2H3.